The summed E-state index contributed by atoms with van der Waals surface area (Å²) in [7, 11) is 1.71. The number of hydrogen-bond acceptors (Lipinski definition) is 7. The molecule has 0 spiro atoms. The predicted octanol–water partition coefficient (Wildman–Crippen LogP) is 12.8. The molecule has 0 aromatic heterocycles. The van der Waals surface area contributed by atoms with Gasteiger partial charge in [0.15, 0.2) is 0 Å². The molecular weight excluding hydrogens is 715 g/mol. The number of nitrogens with one attached hydrogen (secondary N) is 2. The Kier molecular flexibility index (Phi) is 44.4. The standard InChI is InChI=1S/C46H89N3O2.2CH2O2/c1-6-10-22-31-41(32-23-11-7-2)35-26-18-15-14-16-20-28-38-49(40-30-37-48-44-43(47-5)45(50)46(44)51)39-29-21-17-19-27-36-42(33-24-12-8-3)34-25-13-9-4;2*2-1-3/h41-42,47-48H,6-40H2,1-5H3;2*1H,(H,2,3). The van der Waals surface area contributed by atoms with Crippen molar-refractivity contribution in [2.75, 3.05) is 43.9 Å². The third kappa shape index (κ3) is 34.2. The van der Waals surface area contributed by atoms with Crippen LogP contribution >= 0.6 is 0 Å². The lowest BCUT2D eigenvalue weighted by Crippen LogP contribution is -2.37. The Labute approximate surface area is 351 Å². The maximum Gasteiger partial charge on any atom is 0.290 e. The van der Waals surface area contributed by atoms with Gasteiger partial charge in [0.2, 0.25) is 0 Å². The maximum atomic E-state index is 12.0. The molecular formula is C48H93N3O6. The summed E-state index contributed by atoms with van der Waals surface area (Å²) in [6.45, 7) is 13.0. The fraction of sp³-hybridized carbons (Fsp3) is 0.875. The van der Waals surface area contributed by atoms with Crippen molar-refractivity contribution in [3.8, 4) is 0 Å². The van der Waals surface area contributed by atoms with Crippen molar-refractivity contribution < 1.29 is 19.8 Å². The first-order chi connectivity index (χ1) is 27.8. The molecule has 57 heavy (non-hydrogen) atoms. The van der Waals surface area contributed by atoms with E-state index < -0.39 is 0 Å². The number of carbonyl (C=O) groups is 2. The Morgan fingerprint density at radius 2 is 0.737 bits per heavy atom. The highest BCUT2D eigenvalue weighted by Crippen LogP contribution is 2.25. The van der Waals surface area contributed by atoms with Gasteiger partial charge in [-0.05, 0) is 50.7 Å². The van der Waals surface area contributed by atoms with Gasteiger partial charge < -0.3 is 25.7 Å². The van der Waals surface area contributed by atoms with E-state index in [1.807, 2.05) is 0 Å². The quantitative estimate of drug-likeness (QED) is 0.0290. The molecule has 0 atom stereocenters. The topological polar surface area (TPSA) is 136 Å². The van der Waals surface area contributed by atoms with Crippen molar-refractivity contribution in [2.24, 2.45) is 11.8 Å². The summed E-state index contributed by atoms with van der Waals surface area (Å²) in [5.41, 5.74) is 0.168. The minimum atomic E-state index is -0.390. The van der Waals surface area contributed by atoms with Crippen molar-refractivity contribution >= 4 is 24.3 Å². The predicted molar refractivity (Wildman–Crippen MR) is 246 cm³/mol. The van der Waals surface area contributed by atoms with Crippen LogP contribution in [0.1, 0.15) is 227 Å². The minimum absolute atomic E-state index is 0.250. The second-order valence-corrected chi connectivity index (χ2v) is 16.5. The minimum Gasteiger partial charge on any atom is -0.483 e. The Morgan fingerprint density at radius 1 is 0.456 bits per heavy atom. The van der Waals surface area contributed by atoms with E-state index in [9.17, 15) is 9.59 Å². The Balaban J connectivity index is 0. The van der Waals surface area contributed by atoms with E-state index >= 15 is 0 Å². The molecule has 0 amide bonds. The molecule has 0 radical (unpaired) electrons. The number of rotatable bonds is 40. The number of unbranched alkanes of at least 4 members (excludes halogenated alkanes) is 18. The summed E-state index contributed by atoms with van der Waals surface area (Å²) in [4.78, 5) is 43.1. The highest BCUT2D eigenvalue weighted by atomic mass is 16.3. The Morgan fingerprint density at radius 3 is 1.07 bits per heavy atom. The fourth-order valence-corrected chi connectivity index (χ4v) is 8.20. The first-order valence-corrected chi connectivity index (χ1v) is 24.0. The molecule has 0 saturated carbocycles. The molecule has 336 valence electrons. The third-order valence-electron chi connectivity index (χ3n) is 11.7. The monoisotopic (exact) mass is 808 g/mol. The Hall–Kier alpha value is -2.42. The molecule has 0 aliphatic heterocycles. The second-order valence-electron chi connectivity index (χ2n) is 16.5. The number of anilines is 2. The van der Waals surface area contributed by atoms with E-state index in [0.717, 1.165) is 31.3 Å². The molecule has 9 heteroatoms. The van der Waals surface area contributed by atoms with Gasteiger partial charge in [0, 0.05) is 13.6 Å². The van der Waals surface area contributed by atoms with Gasteiger partial charge in [-0.3, -0.25) is 19.2 Å². The van der Waals surface area contributed by atoms with Gasteiger partial charge in [0.05, 0.1) is 0 Å². The molecule has 1 rings (SSSR count). The Bertz CT molecular complexity index is 1030. The second kappa shape index (κ2) is 44.7. The summed E-state index contributed by atoms with van der Waals surface area (Å²) in [6.07, 6.45) is 43.0. The van der Waals surface area contributed by atoms with E-state index in [1.54, 1.807) is 7.05 Å². The van der Waals surface area contributed by atoms with Gasteiger partial charge in [0.1, 0.15) is 11.4 Å². The lowest BCUT2D eigenvalue weighted by molar-refractivity contribution is -0.123. The van der Waals surface area contributed by atoms with Gasteiger partial charge in [-0.2, -0.15) is 0 Å². The van der Waals surface area contributed by atoms with Crippen LogP contribution in [0, 0.1) is 11.8 Å². The zero-order valence-corrected chi connectivity index (χ0v) is 38.0. The summed E-state index contributed by atoms with van der Waals surface area (Å²) >= 11 is 0. The largest absolute Gasteiger partial charge is 0.483 e. The van der Waals surface area contributed by atoms with Gasteiger partial charge in [0.25, 0.3) is 23.8 Å². The van der Waals surface area contributed by atoms with Crippen LogP contribution in [0.15, 0.2) is 9.59 Å². The molecule has 1 aromatic rings. The lowest BCUT2D eigenvalue weighted by Gasteiger charge is -2.23. The summed E-state index contributed by atoms with van der Waals surface area (Å²) < 4.78 is 0. The molecule has 1 aromatic carbocycles. The number of carboxylic acid groups (broad SMARTS) is 2. The van der Waals surface area contributed by atoms with E-state index in [-0.39, 0.29) is 23.8 Å². The van der Waals surface area contributed by atoms with Gasteiger partial charge in [-0.1, -0.05) is 207 Å². The van der Waals surface area contributed by atoms with Gasteiger partial charge >= 0.3 is 0 Å². The van der Waals surface area contributed by atoms with Crippen molar-refractivity contribution in [3.05, 3.63) is 20.4 Å². The molecule has 0 fully saturated rings. The van der Waals surface area contributed by atoms with Crippen LogP contribution in [0.3, 0.4) is 0 Å². The SMILES string of the molecule is CCCCCC(CCCCC)CCCCCCCCCN(CCCCCCCC(CCCCC)CCCCC)CCCNc1c(NC)c(=O)c1=O.O=CO.O=CO. The molecule has 4 N–H and O–H groups in total. The van der Waals surface area contributed by atoms with Crippen LogP contribution in [-0.4, -0.2) is 61.3 Å². The first kappa shape index (κ1) is 56.7. The van der Waals surface area contributed by atoms with Crippen LogP contribution in [0.2, 0.25) is 0 Å². The molecule has 0 heterocycles. The third-order valence-corrected chi connectivity index (χ3v) is 11.7. The lowest BCUT2D eigenvalue weighted by atomic mass is 9.90. The van der Waals surface area contributed by atoms with Crippen LogP contribution in [0.4, 0.5) is 11.4 Å². The summed E-state index contributed by atoms with van der Waals surface area (Å²) in [6, 6.07) is 0. The normalized spacial score (nSPS) is 11.1. The van der Waals surface area contributed by atoms with Crippen molar-refractivity contribution in [3.63, 3.8) is 0 Å². The highest BCUT2D eigenvalue weighted by Gasteiger charge is 2.19. The van der Waals surface area contributed by atoms with E-state index in [2.05, 4.69) is 43.2 Å². The fourth-order valence-electron chi connectivity index (χ4n) is 8.20. The van der Waals surface area contributed by atoms with Crippen LogP contribution in [0.5, 0.6) is 0 Å². The van der Waals surface area contributed by atoms with E-state index in [0.29, 0.717) is 11.4 Å². The molecule has 0 unspecified atom stereocenters. The molecule has 0 aliphatic carbocycles. The average Bonchev–Trinajstić information content (AvgIpc) is 3.20. The zero-order valence-electron chi connectivity index (χ0n) is 38.0. The highest BCUT2D eigenvalue weighted by molar-refractivity contribution is 5.73. The zero-order chi connectivity index (χ0) is 42.6. The smallest absolute Gasteiger partial charge is 0.290 e. The molecule has 0 saturated heterocycles. The van der Waals surface area contributed by atoms with Crippen molar-refractivity contribution in [2.45, 2.75) is 227 Å². The summed E-state index contributed by atoms with van der Waals surface area (Å²) in [5.74, 6) is 1.95. The molecule has 9 nitrogen and oxygen atoms in total. The molecule has 0 aliphatic rings. The van der Waals surface area contributed by atoms with Crippen LogP contribution in [0.25, 0.3) is 0 Å². The van der Waals surface area contributed by atoms with Crippen molar-refractivity contribution in [1.82, 2.24) is 4.90 Å². The van der Waals surface area contributed by atoms with Crippen molar-refractivity contribution in [1.29, 1.82) is 0 Å². The van der Waals surface area contributed by atoms with E-state index in [4.69, 9.17) is 19.8 Å². The van der Waals surface area contributed by atoms with Crippen LogP contribution < -0.4 is 21.5 Å². The number of nitrogens with zero attached hydrogens (tertiary/aromatic N) is 1. The number of hydrogen-bond donors (Lipinski definition) is 4. The molecule has 0 bridgehead atoms. The van der Waals surface area contributed by atoms with Gasteiger partial charge in [-0.25, -0.2) is 0 Å². The first-order valence-electron chi connectivity index (χ1n) is 24.0. The van der Waals surface area contributed by atoms with Crippen LogP contribution in [-0.2, 0) is 9.59 Å². The summed E-state index contributed by atoms with van der Waals surface area (Å²) in [5, 5.41) is 19.9. The maximum absolute atomic E-state index is 12.0. The van der Waals surface area contributed by atoms with E-state index in [1.165, 1.54) is 206 Å². The van der Waals surface area contributed by atoms with Gasteiger partial charge in [-0.15, -0.1) is 0 Å². The average molecular weight is 808 g/mol.